The molecule has 5 heteroatoms. The Morgan fingerprint density at radius 2 is 2.14 bits per heavy atom. The van der Waals surface area contributed by atoms with Crippen molar-refractivity contribution in [3.8, 4) is 0 Å². The predicted molar refractivity (Wildman–Crippen MR) is 86.1 cm³/mol. The number of likely N-dealkylation sites (tertiary alicyclic amines) is 1. The maximum atomic E-state index is 12.9. The van der Waals surface area contributed by atoms with E-state index in [1.54, 1.807) is 0 Å². The highest BCUT2D eigenvalue weighted by Gasteiger charge is 2.41. The molecule has 3 rings (SSSR count). The molecule has 3 atom stereocenters. The summed E-state index contributed by atoms with van der Waals surface area (Å²) < 4.78 is 6.03. The average Bonchev–Trinajstić information content (AvgIpc) is 2.83. The first-order chi connectivity index (χ1) is 10.5. The first-order valence-electron chi connectivity index (χ1n) is 8.21. The number of carbonyl (C=O) groups excluding carboxylic acids is 1. The van der Waals surface area contributed by atoms with Crippen molar-refractivity contribution >= 4 is 5.91 Å². The van der Waals surface area contributed by atoms with Gasteiger partial charge in [-0.05, 0) is 46.9 Å². The summed E-state index contributed by atoms with van der Waals surface area (Å²) in [6.45, 7) is 6.39. The van der Waals surface area contributed by atoms with E-state index in [1.165, 1.54) is 0 Å². The van der Waals surface area contributed by atoms with Gasteiger partial charge in [0.15, 0.2) is 0 Å². The molecule has 1 N–H and O–H groups in total. The van der Waals surface area contributed by atoms with Crippen LogP contribution in [0.4, 0.5) is 0 Å². The Kier molecular flexibility index (Phi) is 4.28. The number of nitrogens with one attached hydrogen (secondary N) is 1. The largest absolute Gasteiger partial charge is 0.376 e. The smallest absolute Gasteiger partial charge is 0.255 e. The summed E-state index contributed by atoms with van der Waals surface area (Å²) >= 11 is 0. The van der Waals surface area contributed by atoms with Crippen molar-refractivity contribution in [3.63, 3.8) is 0 Å². The van der Waals surface area contributed by atoms with E-state index < -0.39 is 0 Å². The SMILES string of the molecule is Cc1cc(C(=O)N2C[C@@H]3CCCO[C@@H]3[C@H](N(C)C)C2)c(C)[nH]1. The molecule has 0 spiro atoms. The molecular formula is C17H27N3O2. The molecule has 2 fully saturated rings. The number of H-pyrrole nitrogens is 1. The number of fused-ring (bicyclic) bond motifs is 1. The van der Waals surface area contributed by atoms with Crippen molar-refractivity contribution in [3.05, 3.63) is 23.0 Å². The minimum atomic E-state index is 0.151. The highest BCUT2D eigenvalue weighted by molar-refractivity contribution is 5.95. The molecule has 122 valence electrons. The van der Waals surface area contributed by atoms with E-state index in [2.05, 4.69) is 24.0 Å². The predicted octanol–water partition coefficient (Wildman–Crippen LogP) is 1.81. The zero-order chi connectivity index (χ0) is 15.9. The number of aryl methyl sites for hydroxylation is 2. The first kappa shape index (κ1) is 15.6. The quantitative estimate of drug-likeness (QED) is 0.906. The molecule has 0 unspecified atom stereocenters. The third-order valence-corrected chi connectivity index (χ3v) is 5.07. The van der Waals surface area contributed by atoms with Crippen LogP contribution in [-0.2, 0) is 4.74 Å². The van der Waals surface area contributed by atoms with Gasteiger partial charge in [0.2, 0.25) is 0 Å². The fourth-order valence-corrected chi connectivity index (χ4v) is 3.91. The molecule has 0 radical (unpaired) electrons. The highest BCUT2D eigenvalue weighted by atomic mass is 16.5. The molecule has 5 nitrogen and oxygen atoms in total. The first-order valence-corrected chi connectivity index (χ1v) is 8.21. The van der Waals surface area contributed by atoms with Crippen molar-refractivity contribution in [2.45, 2.75) is 38.8 Å². The van der Waals surface area contributed by atoms with Crippen LogP contribution in [0.25, 0.3) is 0 Å². The Labute approximate surface area is 132 Å². The van der Waals surface area contributed by atoms with Crippen LogP contribution < -0.4 is 0 Å². The van der Waals surface area contributed by atoms with E-state index in [9.17, 15) is 4.79 Å². The van der Waals surface area contributed by atoms with Crippen LogP contribution in [0.15, 0.2) is 6.07 Å². The number of hydrogen-bond acceptors (Lipinski definition) is 3. The van der Waals surface area contributed by atoms with Gasteiger partial charge < -0.3 is 19.5 Å². The Hall–Kier alpha value is -1.33. The highest BCUT2D eigenvalue weighted by Crippen LogP contribution is 2.31. The van der Waals surface area contributed by atoms with Gasteiger partial charge >= 0.3 is 0 Å². The summed E-state index contributed by atoms with van der Waals surface area (Å²) in [5.41, 5.74) is 2.82. The molecule has 3 heterocycles. The maximum Gasteiger partial charge on any atom is 0.255 e. The van der Waals surface area contributed by atoms with Crippen molar-refractivity contribution < 1.29 is 9.53 Å². The Bertz CT molecular complexity index is 552. The Morgan fingerprint density at radius 3 is 2.77 bits per heavy atom. The maximum absolute atomic E-state index is 12.9. The number of aromatic amines is 1. The average molecular weight is 305 g/mol. The summed E-state index contributed by atoms with van der Waals surface area (Å²) in [6.07, 6.45) is 2.53. The summed E-state index contributed by atoms with van der Waals surface area (Å²) in [7, 11) is 4.17. The van der Waals surface area contributed by atoms with Crippen molar-refractivity contribution in [2.24, 2.45) is 5.92 Å². The lowest BCUT2D eigenvalue weighted by Crippen LogP contribution is -2.60. The van der Waals surface area contributed by atoms with Crippen LogP contribution in [0, 0.1) is 19.8 Å². The van der Waals surface area contributed by atoms with Gasteiger partial charge in [0.05, 0.1) is 17.7 Å². The lowest BCUT2D eigenvalue weighted by Gasteiger charge is -2.48. The van der Waals surface area contributed by atoms with Crippen molar-refractivity contribution in [1.82, 2.24) is 14.8 Å². The summed E-state index contributed by atoms with van der Waals surface area (Å²) in [5.74, 6) is 0.608. The second-order valence-corrected chi connectivity index (χ2v) is 6.97. The fraction of sp³-hybridized carbons (Fsp3) is 0.706. The van der Waals surface area contributed by atoms with E-state index in [-0.39, 0.29) is 18.1 Å². The number of amides is 1. The number of rotatable bonds is 2. The van der Waals surface area contributed by atoms with Crippen LogP contribution in [0.2, 0.25) is 0 Å². The third-order valence-electron chi connectivity index (χ3n) is 5.07. The molecule has 22 heavy (non-hydrogen) atoms. The number of nitrogens with zero attached hydrogens (tertiary/aromatic N) is 2. The zero-order valence-corrected chi connectivity index (χ0v) is 14.1. The Balaban J connectivity index is 1.82. The molecule has 0 saturated carbocycles. The van der Waals surface area contributed by atoms with E-state index in [0.717, 1.165) is 49.5 Å². The van der Waals surface area contributed by atoms with Crippen LogP contribution in [-0.4, -0.2) is 66.6 Å². The lowest BCUT2D eigenvalue weighted by atomic mass is 9.84. The number of piperidine rings is 1. The summed E-state index contributed by atoms with van der Waals surface area (Å²) in [5, 5.41) is 0. The standard InChI is InChI=1S/C17H27N3O2/c1-11-8-14(12(2)18-11)17(21)20-9-13-6-5-7-22-16(13)15(10-20)19(3)4/h8,13,15-16,18H,5-7,9-10H2,1-4H3/t13-,15+,16-/m0/s1. The van der Waals surface area contributed by atoms with Crippen molar-refractivity contribution in [1.29, 1.82) is 0 Å². The van der Waals surface area contributed by atoms with Gasteiger partial charge in [-0.3, -0.25) is 4.79 Å². The molecule has 0 aliphatic carbocycles. The molecular weight excluding hydrogens is 278 g/mol. The van der Waals surface area contributed by atoms with Crippen LogP contribution in [0.3, 0.4) is 0 Å². The van der Waals surface area contributed by atoms with Crippen LogP contribution >= 0.6 is 0 Å². The monoisotopic (exact) mass is 305 g/mol. The number of carbonyl (C=O) groups is 1. The topological polar surface area (TPSA) is 48.6 Å². The van der Waals surface area contributed by atoms with Gasteiger partial charge in [0.25, 0.3) is 5.91 Å². The van der Waals surface area contributed by atoms with Gasteiger partial charge in [-0.1, -0.05) is 0 Å². The molecule has 1 aromatic heterocycles. The van der Waals surface area contributed by atoms with E-state index in [0.29, 0.717) is 5.92 Å². The van der Waals surface area contributed by atoms with Crippen LogP contribution in [0.5, 0.6) is 0 Å². The van der Waals surface area contributed by atoms with E-state index in [1.807, 2.05) is 24.8 Å². The van der Waals surface area contributed by atoms with Crippen LogP contribution in [0.1, 0.15) is 34.6 Å². The zero-order valence-electron chi connectivity index (χ0n) is 14.1. The minimum Gasteiger partial charge on any atom is -0.376 e. The molecule has 2 aliphatic heterocycles. The molecule has 0 aromatic carbocycles. The normalized spacial score (nSPS) is 28.8. The molecule has 1 aromatic rings. The molecule has 0 bridgehead atoms. The number of ether oxygens (including phenoxy) is 1. The Morgan fingerprint density at radius 1 is 1.36 bits per heavy atom. The van der Waals surface area contributed by atoms with Gasteiger partial charge in [-0.2, -0.15) is 0 Å². The summed E-state index contributed by atoms with van der Waals surface area (Å²) in [6, 6.07) is 2.24. The number of hydrogen-bond donors (Lipinski definition) is 1. The van der Waals surface area contributed by atoms with E-state index in [4.69, 9.17) is 4.74 Å². The molecule has 1 amide bonds. The van der Waals surface area contributed by atoms with Gasteiger partial charge in [-0.15, -0.1) is 0 Å². The fourth-order valence-electron chi connectivity index (χ4n) is 3.91. The molecule has 2 saturated heterocycles. The molecule has 2 aliphatic rings. The second-order valence-electron chi connectivity index (χ2n) is 6.97. The van der Waals surface area contributed by atoms with Gasteiger partial charge in [0, 0.05) is 37.0 Å². The number of likely N-dealkylation sites (N-methyl/N-ethyl adjacent to an activating group) is 1. The summed E-state index contributed by atoms with van der Waals surface area (Å²) in [4.78, 5) is 20.4. The lowest BCUT2D eigenvalue weighted by molar-refractivity contribution is -0.0997. The van der Waals surface area contributed by atoms with Gasteiger partial charge in [0.1, 0.15) is 0 Å². The number of aromatic nitrogens is 1. The third kappa shape index (κ3) is 2.79. The second kappa shape index (κ2) is 6.05. The van der Waals surface area contributed by atoms with Gasteiger partial charge in [-0.25, -0.2) is 0 Å². The minimum absolute atomic E-state index is 0.151. The van der Waals surface area contributed by atoms with Crippen molar-refractivity contribution in [2.75, 3.05) is 33.8 Å². The van der Waals surface area contributed by atoms with E-state index >= 15 is 0 Å².